The SMILES string of the molecule is C1=CCC=C(c2c3c(c(-c4ccccc4-c4ccccc4)c4ccccc24)=CCC=CC=3)C(c2ccccc2)=C1. The molecule has 40 heavy (non-hydrogen) atoms. The van der Waals surface area contributed by atoms with Crippen molar-refractivity contribution >= 4 is 34.1 Å². The van der Waals surface area contributed by atoms with Crippen molar-refractivity contribution in [2.24, 2.45) is 0 Å². The lowest BCUT2D eigenvalue weighted by Gasteiger charge is -2.20. The summed E-state index contributed by atoms with van der Waals surface area (Å²) in [6.07, 6.45) is 20.2. The van der Waals surface area contributed by atoms with Gasteiger partial charge in [0, 0.05) is 0 Å². The van der Waals surface area contributed by atoms with Crippen LogP contribution in [0.1, 0.15) is 24.0 Å². The maximum absolute atomic E-state index is 2.42. The third-order valence-corrected chi connectivity index (χ3v) is 7.93. The van der Waals surface area contributed by atoms with Crippen molar-refractivity contribution in [1.82, 2.24) is 0 Å². The van der Waals surface area contributed by atoms with Crippen LogP contribution in [-0.2, 0) is 0 Å². The Morgan fingerprint density at radius 2 is 0.975 bits per heavy atom. The summed E-state index contributed by atoms with van der Waals surface area (Å²) in [7, 11) is 0. The minimum Gasteiger partial charge on any atom is -0.0807 e. The van der Waals surface area contributed by atoms with E-state index >= 15 is 0 Å². The van der Waals surface area contributed by atoms with E-state index in [2.05, 4.69) is 158 Å². The summed E-state index contributed by atoms with van der Waals surface area (Å²) in [6.45, 7) is 0. The van der Waals surface area contributed by atoms with Gasteiger partial charge < -0.3 is 0 Å². The lowest BCUT2D eigenvalue weighted by molar-refractivity contribution is 1.40. The highest BCUT2D eigenvalue weighted by Crippen LogP contribution is 2.39. The molecule has 0 unspecified atom stereocenters. The fourth-order valence-electron chi connectivity index (χ4n) is 6.18. The molecule has 0 heterocycles. The van der Waals surface area contributed by atoms with Crippen LogP contribution in [0.5, 0.6) is 0 Å². The van der Waals surface area contributed by atoms with Crippen LogP contribution in [-0.4, -0.2) is 0 Å². The lowest BCUT2D eigenvalue weighted by atomic mass is 9.82. The summed E-state index contributed by atoms with van der Waals surface area (Å²) in [5.74, 6) is 0. The number of allylic oxidation sites excluding steroid dienone is 8. The molecule has 0 aliphatic heterocycles. The van der Waals surface area contributed by atoms with Crippen LogP contribution in [0, 0.1) is 0 Å². The van der Waals surface area contributed by atoms with E-state index in [1.165, 1.54) is 65.7 Å². The van der Waals surface area contributed by atoms with Crippen LogP contribution in [0.15, 0.2) is 146 Å². The highest BCUT2D eigenvalue weighted by Gasteiger charge is 2.20. The van der Waals surface area contributed by atoms with Crippen LogP contribution in [0.3, 0.4) is 0 Å². The molecule has 190 valence electrons. The second-order valence-electron chi connectivity index (χ2n) is 10.3. The molecule has 0 bridgehead atoms. The van der Waals surface area contributed by atoms with Crippen LogP contribution < -0.4 is 10.4 Å². The highest BCUT2D eigenvalue weighted by molar-refractivity contribution is 6.14. The molecule has 0 nitrogen and oxygen atoms in total. The molecule has 0 spiro atoms. The Morgan fingerprint density at radius 3 is 1.73 bits per heavy atom. The number of benzene rings is 5. The topological polar surface area (TPSA) is 0 Å². The minimum atomic E-state index is 0.906. The molecule has 5 aromatic rings. The van der Waals surface area contributed by atoms with Crippen molar-refractivity contribution in [3.05, 3.63) is 167 Å². The van der Waals surface area contributed by atoms with E-state index < -0.39 is 0 Å². The molecule has 0 amide bonds. The summed E-state index contributed by atoms with van der Waals surface area (Å²) >= 11 is 0. The quantitative estimate of drug-likeness (QED) is 0.226. The van der Waals surface area contributed by atoms with Gasteiger partial charge >= 0.3 is 0 Å². The van der Waals surface area contributed by atoms with E-state index in [0.29, 0.717) is 0 Å². The Morgan fingerprint density at radius 1 is 0.400 bits per heavy atom. The first-order valence-corrected chi connectivity index (χ1v) is 14.1. The van der Waals surface area contributed by atoms with Crippen molar-refractivity contribution < 1.29 is 0 Å². The van der Waals surface area contributed by atoms with Crippen molar-refractivity contribution in [2.45, 2.75) is 12.8 Å². The Bertz CT molecular complexity index is 1960. The molecule has 5 aromatic carbocycles. The average Bonchev–Trinajstić information content (AvgIpc) is 3.42. The summed E-state index contributed by atoms with van der Waals surface area (Å²) in [6, 6.07) is 39.4. The first-order valence-electron chi connectivity index (χ1n) is 14.1. The molecule has 0 aromatic heterocycles. The normalized spacial score (nSPS) is 14.3. The Hall–Kier alpha value is -4.94. The smallest absolute Gasteiger partial charge is 0.00232 e. The standard InChI is InChI=1S/C40H30/c1-5-17-29(18-6-1)31-21-9-3-10-23-33(31)39-35-24-11-4-12-25-36(35)40(38-28-16-15-27-37(38)39)34-26-14-13-22-32(34)30-19-7-2-8-20-30/h1-9,11,13-28H,10,12H2. The van der Waals surface area contributed by atoms with E-state index in [1.807, 2.05) is 0 Å². The van der Waals surface area contributed by atoms with Gasteiger partial charge in [0.1, 0.15) is 0 Å². The van der Waals surface area contributed by atoms with Gasteiger partial charge in [0.2, 0.25) is 0 Å². The number of hydrogen-bond acceptors (Lipinski definition) is 0. The highest BCUT2D eigenvalue weighted by atomic mass is 14.2. The molecule has 2 aliphatic rings. The number of hydrogen-bond donors (Lipinski definition) is 0. The summed E-state index contributed by atoms with van der Waals surface area (Å²) in [5.41, 5.74) is 10.2. The zero-order valence-corrected chi connectivity index (χ0v) is 22.4. The third-order valence-electron chi connectivity index (χ3n) is 7.93. The zero-order valence-electron chi connectivity index (χ0n) is 22.4. The minimum absolute atomic E-state index is 0.906. The predicted octanol–water partition coefficient (Wildman–Crippen LogP) is 9.12. The van der Waals surface area contributed by atoms with Gasteiger partial charge in [0.25, 0.3) is 0 Å². The molecule has 7 rings (SSSR count). The fourth-order valence-corrected chi connectivity index (χ4v) is 6.18. The monoisotopic (exact) mass is 510 g/mol. The van der Waals surface area contributed by atoms with Crippen molar-refractivity contribution in [1.29, 1.82) is 0 Å². The van der Waals surface area contributed by atoms with E-state index in [-0.39, 0.29) is 0 Å². The zero-order chi connectivity index (χ0) is 26.7. The fraction of sp³-hybridized carbons (Fsp3) is 0.0500. The molecule has 0 radical (unpaired) electrons. The summed E-state index contributed by atoms with van der Waals surface area (Å²) in [5, 5.41) is 5.18. The summed E-state index contributed by atoms with van der Waals surface area (Å²) < 4.78 is 0. The number of fused-ring (bicyclic) bond motifs is 2. The molecule has 0 saturated heterocycles. The first-order chi connectivity index (χ1) is 19.9. The van der Waals surface area contributed by atoms with Gasteiger partial charge in [-0.25, -0.2) is 0 Å². The van der Waals surface area contributed by atoms with E-state index in [9.17, 15) is 0 Å². The van der Waals surface area contributed by atoms with Gasteiger partial charge in [-0.05, 0) is 78.6 Å². The van der Waals surface area contributed by atoms with Gasteiger partial charge in [-0.3, -0.25) is 0 Å². The average molecular weight is 511 g/mol. The predicted molar refractivity (Wildman–Crippen MR) is 173 cm³/mol. The second-order valence-corrected chi connectivity index (χ2v) is 10.3. The molecule has 0 atom stereocenters. The molecular formula is C40H30. The molecular weight excluding hydrogens is 480 g/mol. The number of rotatable bonds is 4. The van der Waals surface area contributed by atoms with Crippen LogP contribution in [0.2, 0.25) is 0 Å². The molecule has 0 fully saturated rings. The van der Waals surface area contributed by atoms with Gasteiger partial charge in [0.05, 0.1) is 0 Å². The Kier molecular flexibility index (Phi) is 6.44. The van der Waals surface area contributed by atoms with Crippen molar-refractivity contribution in [2.75, 3.05) is 0 Å². The maximum atomic E-state index is 2.42. The van der Waals surface area contributed by atoms with Crippen LogP contribution >= 0.6 is 0 Å². The molecule has 0 heteroatoms. The van der Waals surface area contributed by atoms with Crippen molar-refractivity contribution in [3.8, 4) is 22.3 Å². The van der Waals surface area contributed by atoms with Gasteiger partial charge in [0.15, 0.2) is 0 Å². The third kappa shape index (κ3) is 4.28. The van der Waals surface area contributed by atoms with Crippen LogP contribution in [0.25, 0.3) is 56.3 Å². The van der Waals surface area contributed by atoms with Crippen molar-refractivity contribution in [3.63, 3.8) is 0 Å². The Labute approximate surface area is 236 Å². The molecule has 0 saturated carbocycles. The van der Waals surface area contributed by atoms with E-state index in [4.69, 9.17) is 0 Å². The second kappa shape index (κ2) is 10.7. The van der Waals surface area contributed by atoms with Gasteiger partial charge in [-0.1, -0.05) is 158 Å². The van der Waals surface area contributed by atoms with E-state index in [0.717, 1.165) is 12.8 Å². The summed E-state index contributed by atoms with van der Waals surface area (Å²) in [4.78, 5) is 0. The van der Waals surface area contributed by atoms with Gasteiger partial charge in [-0.2, -0.15) is 0 Å². The molecule has 0 N–H and O–H groups in total. The lowest BCUT2D eigenvalue weighted by Crippen LogP contribution is -2.31. The maximum Gasteiger partial charge on any atom is -0.00232 e. The molecule has 2 aliphatic carbocycles. The first kappa shape index (κ1) is 24.1. The van der Waals surface area contributed by atoms with E-state index in [1.54, 1.807) is 0 Å². The Balaban J connectivity index is 1.60. The van der Waals surface area contributed by atoms with Crippen LogP contribution in [0.4, 0.5) is 0 Å². The largest absolute Gasteiger partial charge is 0.0807 e. The van der Waals surface area contributed by atoms with Gasteiger partial charge in [-0.15, -0.1) is 0 Å².